The quantitative estimate of drug-likeness (QED) is 0.330. The molecule has 4 rings (SSSR count). The van der Waals surface area contributed by atoms with Gasteiger partial charge in [0.25, 0.3) is 5.91 Å². The molecule has 1 fully saturated rings. The van der Waals surface area contributed by atoms with Crippen molar-refractivity contribution in [2.24, 2.45) is 0 Å². The molecule has 3 aromatic rings. The standard InChI is InChI=1S/C26H24F2N2O4S/c1-16-29-24(25(35-16)17-8-10-19(27)11-9-17)26(33)30-12-3-2-7-21(30)14-23(32)34-15-22(31)18-5-4-6-20(28)13-18/h4-6,8-11,13,21H,2-3,7,12,14-15H2,1H3. The zero-order valence-corrected chi connectivity index (χ0v) is 19.9. The Morgan fingerprint density at radius 2 is 1.86 bits per heavy atom. The van der Waals surface area contributed by atoms with Crippen molar-refractivity contribution in [1.29, 1.82) is 0 Å². The van der Waals surface area contributed by atoms with E-state index in [0.717, 1.165) is 18.9 Å². The van der Waals surface area contributed by atoms with E-state index in [4.69, 9.17) is 4.74 Å². The minimum atomic E-state index is -0.604. The summed E-state index contributed by atoms with van der Waals surface area (Å²) in [6.07, 6.45) is 2.21. The van der Waals surface area contributed by atoms with E-state index in [-0.39, 0.29) is 29.4 Å². The number of carbonyl (C=O) groups excluding carboxylic acids is 3. The number of likely N-dealkylation sites (tertiary alicyclic amines) is 1. The monoisotopic (exact) mass is 498 g/mol. The molecule has 0 radical (unpaired) electrons. The lowest BCUT2D eigenvalue weighted by Gasteiger charge is -2.35. The molecule has 6 nitrogen and oxygen atoms in total. The highest BCUT2D eigenvalue weighted by Gasteiger charge is 2.32. The van der Waals surface area contributed by atoms with E-state index in [0.29, 0.717) is 28.4 Å². The van der Waals surface area contributed by atoms with Crippen LogP contribution in [0.5, 0.6) is 0 Å². The third-order valence-corrected chi connectivity index (χ3v) is 6.86. The van der Waals surface area contributed by atoms with Crippen molar-refractivity contribution in [1.82, 2.24) is 9.88 Å². The zero-order chi connectivity index (χ0) is 24.9. The van der Waals surface area contributed by atoms with Gasteiger partial charge in [-0.1, -0.05) is 24.3 Å². The number of rotatable bonds is 7. The van der Waals surface area contributed by atoms with Crippen LogP contribution in [0.1, 0.15) is 51.5 Å². The Balaban J connectivity index is 1.44. The predicted molar refractivity (Wildman–Crippen MR) is 127 cm³/mol. The maximum absolute atomic E-state index is 13.5. The Morgan fingerprint density at radius 1 is 1.09 bits per heavy atom. The first-order valence-electron chi connectivity index (χ1n) is 11.3. The van der Waals surface area contributed by atoms with E-state index in [2.05, 4.69) is 4.98 Å². The first kappa shape index (κ1) is 24.7. The molecule has 0 bridgehead atoms. The fourth-order valence-electron chi connectivity index (χ4n) is 4.13. The third kappa shape index (κ3) is 5.97. The summed E-state index contributed by atoms with van der Waals surface area (Å²) in [5.41, 5.74) is 1.10. The molecule has 0 N–H and O–H groups in total. The molecule has 35 heavy (non-hydrogen) atoms. The summed E-state index contributed by atoms with van der Waals surface area (Å²) >= 11 is 1.35. The second-order valence-corrected chi connectivity index (χ2v) is 9.57. The van der Waals surface area contributed by atoms with Gasteiger partial charge in [-0.3, -0.25) is 14.4 Å². The van der Waals surface area contributed by atoms with Crippen LogP contribution in [0.15, 0.2) is 48.5 Å². The van der Waals surface area contributed by atoms with Crippen molar-refractivity contribution in [3.8, 4) is 10.4 Å². The highest BCUT2D eigenvalue weighted by molar-refractivity contribution is 7.15. The van der Waals surface area contributed by atoms with Crippen LogP contribution in [0.3, 0.4) is 0 Å². The Morgan fingerprint density at radius 3 is 2.60 bits per heavy atom. The molecule has 1 unspecified atom stereocenters. The number of carbonyl (C=O) groups is 3. The predicted octanol–water partition coefficient (Wildman–Crippen LogP) is 5.21. The number of hydrogen-bond donors (Lipinski definition) is 0. The summed E-state index contributed by atoms with van der Waals surface area (Å²) in [6, 6.07) is 10.7. The number of piperidine rings is 1. The largest absolute Gasteiger partial charge is 0.457 e. The van der Waals surface area contributed by atoms with Crippen LogP contribution in [0.25, 0.3) is 10.4 Å². The van der Waals surface area contributed by atoms with Gasteiger partial charge in [0.2, 0.25) is 0 Å². The van der Waals surface area contributed by atoms with Crippen molar-refractivity contribution < 1.29 is 27.9 Å². The fourth-order valence-corrected chi connectivity index (χ4v) is 5.04. The number of benzene rings is 2. The number of thiazole rings is 1. The fraction of sp³-hybridized carbons (Fsp3) is 0.308. The van der Waals surface area contributed by atoms with Gasteiger partial charge in [-0.15, -0.1) is 11.3 Å². The van der Waals surface area contributed by atoms with E-state index in [1.165, 1.54) is 41.7 Å². The maximum atomic E-state index is 13.5. The van der Waals surface area contributed by atoms with Gasteiger partial charge in [-0.25, -0.2) is 13.8 Å². The van der Waals surface area contributed by atoms with Gasteiger partial charge in [-0.2, -0.15) is 0 Å². The van der Waals surface area contributed by atoms with E-state index < -0.39 is 30.2 Å². The van der Waals surface area contributed by atoms with Gasteiger partial charge < -0.3 is 9.64 Å². The molecule has 182 valence electrons. The second kappa shape index (κ2) is 10.9. The number of Topliss-reactive ketones (excluding diaryl/α,β-unsaturated/α-hetero) is 1. The summed E-state index contributed by atoms with van der Waals surface area (Å²) in [6.45, 7) is 1.77. The van der Waals surface area contributed by atoms with Gasteiger partial charge in [0.1, 0.15) is 17.3 Å². The summed E-state index contributed by atoms with van der Waals surface area (Å²) in [5, 5.41) is 0.705. The molecule has 0 saturated carbocycles. The lowest BCUT2D eigenvalue weighted by molar-refractivity contribution is -0.143. The molecule has 2 heterocycles. The van der Waals surface area contributed by atoms with Crippen molar-refractivity contribution >= 4 is 29.0 Å². The van der Waals surface area contributed by atoms with Crippen molar-refractivity contribution in [2.75, 3.05) is 13.2 Å². The number of hydrogen-bond acceptors (Lipinski definition) is 6. The van der Waals surface area contributed by atoms with Gasteiger partial charge in [-0.05, 0) is 56.0 Å². The van der Waals surface area contributed by atoms with E-state index in [9.17, 15) is 23.2 Å². The average molecular weight is 499 g/mol. The molecule has 9 heteroatoms. The average Bonchev–Trinajstić information content (AvgIpc) is 3.24. The second-order valence-electron chi connectivity index (χ2n) is 8.36. The Hall–Kier alpha value is -3.46. The maximum Gasteiger partial charge on any atom is 0.308 e. The van der Waals surface area contributed by atoms with Crippen LogP contribution in [-0.4, -0.2) is 46.7 Å². The van der Waals surface area contributed by atoms with E-state index >= 15 is 0 Å². The molecule has 1 amide bonds. The summed E-state index contributed by atoms with van der Waals surface area (Å²) < 4.78 is 31.9. The minimum absolute atomic E-state index is 0.0584. The molecule has 1 saturated heterocycles. The first-order valence-corrected chi connectivity index (χ1v) is 12.1. The number of esters is 1. The van der Waals surface area contributed by atoms with Gasteiger partial charge in [0.05, 0.1) is 16.3 Å². The van der Waals surface area contributed by atoms with Crippen molar-refractivity contribution in [2.45, 2.75) is 38.6 Å². The lowest BCUT2D eigenvalue weighted by atomic mass is 9.98. The van der Waals surface area contributed by atoms with Crippen LogP contribution in [0, 0.1) is 18.6 Å². The number of aryl methyl sites for hydroxylation is 1. The molecular formula is C26H24F2N2O4S. The molecule has 1 aliphatic heterocycles. The molecule has 0 spiro atoms. The lowest BCUT2D eigenvalue weighted by Crippen LogP contribution is -2.45. The minimum Gasteiger partial charge on any atom is -0.457 e. The number of amides is 1. The van der Waals surface area contributed by atoms with Gasteiger partial charge >= 0.3 is 5.97 Å². The summed E-state index contributed by atoms with van der Waals surface area (Å²) in [5.74, 6) is -2.31. The van der Waals surface area contributed by atoms with E-state index in [1.54, 1.807) is 24.0 Å². The van der Waals surface area contributed by atoms with Gasteiger partial charge in [0.15, 0.2) is 12.4 Å². The van der Waals surface area contributed by atoms with E-state index in [1.807, 2.05) is 0 Å². The Bertz CT molecular complexity index is 1240. The zero-order valence-electron chi connectivity index (χ0n) is 19.1. The molecule has 1 aliphatic rings. The molecule has 1 aromatic heterocycles. The van der Waals surface area contributed by atoms with Gasteiger partial charge in [0, 0.05) is 18.2 Å². The topological polar surface area (TPSA) is 76.6 Å². The smallest absolute Gasteiger partial charge is 0.308 e. The first-order chi connectivity index (χ1) is 16.8. The SMILES string of the molecule is Cc1nc(C(=O)N2CCCCC2CC(=O)OCC(=O)c2cccc(F)c2)c(-c2ccc(F)cc2)s1. The highest BCUT2D eigenvalue weighted by Crippen LogP contribution is 2.33. The molecule has 1 atom stereocenters. The summed E-state index contributed by atoms with van der Waals surface area (Å²) in [7, 11) is 0. The number of ketones is 1. The normalized spacial score (nSPS) is 15.6. The van der Waals surface area contributed by atoms with Crippen LogP contribution in [0.2, 0.25) is 0 Å². The van der Waals surface area contributed by atoms with Crippen LogP contribution >= 0.6 is 11.3 Å². The van der Waals surface area contributed by atoms with Crippen LogP contribution in [0.4, 0.5) is 8.78 Å². The number of halogens is 2. The molecule has 0 aliphatic carbocycles. The summed E-state index contributed by atoms with van der Waals surface area (Å²) in [4.78, 5) is 45.0. The number of ether oxygens (including phenoxy) is 1. The molecule has 2 aromatic carbocycles. The number of aromatic nitrogens is 1. The number of nitrogens with zero attached hydrogens (tertiary/aromatic N) is 2. The van der Waals surface area contributed by atoms with Crippen LogP contribution in [-0.2, 0) is 9.53 Å². The van der Waals surface area contributed by atoms with Crippen molar-refractivity contribution in [3.05, 3.63) is 76.4 Å². The van der Waals surface area contributed by atoms with Crippen molar-refractivity contribution in [3.63, 3.8) is 0 Å². The third-order valence-electron chi connectivity index (χ3n) is 5.84. The molecular weight excluding hydrogens is 474 g/mol. The van der Waals surface area contributed by atoms with Crippen LogP contribution < -0.4 is 0 Å². The highest BCUT2D eigenvalue weighted by atomic mass is 32.1. The Labute approximate surface area is 205 Å². The Kier molecular flexibility index (Phi) is 7.65.